The third kappa shape index (κ3) is 3.04. The number of piperidine rings is 1. The van der Waals surface area contributed by atoms with Gasteiger partial charge in [0.25, 0.3) is 5.56 Å². The lowest BCUT2D eigenvalue weighted by Gasteiger charge is -2.72. The van der Waals surface area contributed by atoms with Crippen LogP contribution in [0.25, 0.3) is 11.0 Å². The van der Waals surface area contributed by atoms with Crippen LogP contribution in [0, 0.1) is 28.6 Å². The molecule has 7 nitrogen and oxygen atoms in total. The fourth-order valence-corrected chi connectivity index (χ4v) is 9.70. The highest BCUT2D eigenvalue weighted by Gasteiger charge is 2.72. The van der Waals surface area contributed by atoms with Gasteiger partial charge in [0.15, 0.2) is 5.69 Å². The minimum Gasteiger partial charge on any atom is -0.301 e. The van der Waals surface area contributed by atoms with Gasteiger partial charge in [0, 0.05) is 30.6 Å². The Morgan fingerprint density at radius 2 is 1.95 bits per heavy atom. The van der Waals surface area contributed by atoms with Gasteiger partial charge in [-0.2, -0.15) is 0 Å². The van der Waals surface area contributed by atoms with Gasteiger partial charge in [0.2, 0.25) is 0 Å². The van der Waals surface area contributed by atoms with Gasteiger partial charge in [0.1, 0.15) is 0 Å². The van der Waals surface area contributed by atoms with Crippen LogP contribution in [0.15, 0.2) is 29.1 Å². The van der Waals surface area contributed by atoms with Crippen molar-refractivity contribution in [1.82, 2.24) is 19.5 Å². The molecule has 1 aromatic heterocycles. The topological polar surface area (TPSA) is 67.7 Å². The first-order valence-electron chi connectivity index (χ1n) is 14.4. The van der Waals surface area contributed by atoms with E-state index in [1.165, 1.54) is 65.6 Å². The van der Waals surface area contributed by atoms with Crippen molar-refractivity contribution in [1.29, 1.82) is 0 Å². The summed E-state index contributed by atoms with van der Waals surface area (Å²) < 4.78 is 1.93. The summed E-state index contributed by atoms with van der Waals surface area (Å²) in [5.41, 5.74) is 1.92. The number of hydrogen-bond acceptors (Lipinski definition) is 5. The molecule has 5 aliphatic carbocycles. The second kappa shape index (κ2) is 8.12. The van der Waals surface area contributed by atoms with Crippen LogP contribution in [0.5, 0.6) is 0 Å². The van der Waals surface area contributed by atoms with E-state index in [9.17, 15) is 9.59 Å². The summed E-state index contributed by atoms with van der Waals surface area (Å²) in [7, 11) is 2.95. The zero-order valence-electron chi connectivity index (χ0n) is 22.7. The summed E-state index contributed by atoms with van der Waals surface area (Å²) in [5, 5.41) is 1.09. The molecule has 0 N–H and O–H groups in total. The third-order valence-electron chi connectivity index (χ3n) is 11.8. The molecule has 37 heavy (non-hydrogen) atoms. The predicted molar refractivity (Wildman–Crippen MR) is 142 cm³/mol. The molecule has 2 aromatic rings. The minimum atomic E-state index is -0.493. The molecule has 5 saturated carbocycles. The fraction of sp³-hybridized carbons (Fsp3) is 0.700. The van der Waals surface area contributed by atoms with E-state index >= 15 is 0 Å². The highest BCUT2D eigenvalue weighted by molar-refractivity contribution is 5.93. The first-order valence-corrected chi connectivity index (χ1v) is 14.4. The number of amides is 1. The summed E-state index contributed by atoms with van der Waals surface area (Å²) in [4.78, 5) is 39.2. The highest BCUT2D eigenvalue weighted by atomic mass is 16.7. The van der Waals surface area contributed by atoms with Crippen LogP contribution in [0.1, 0.15) is 81.7 Å². The Hall–Kier alpha value is -2.25. The van der Waals surface area contributed by atoms with Crippen molar-refractivity contribution in [3.05, 3.63) is 40.3 Å². The number of aromatic nitrogens is 2. The van der Waals surface area contributed by atoms with Gasteiger partial charge in [0.05, 0.1) is 18.1 Å². The lowest BCUT2D eigenvalue weighted by Crippen LogP contribution is -2.79. The number of hydrogen-bond donors (Lipinski definition) is 0. The van der Waals surface area contributed by atoms with Gasteiger partial charge in [-0.25, -0.2) is 10.0 Å². The number of benzene rings is 1. The summed E-state index contributed by atoms with van der Waals surface area (Å²) in [6.45, 7) is 6.21. The molecule has 7 atom stereocenters. The van der Waals surface area contributed by atoms with Gasteiger partial charge in [-0.05, 0) is 86.8 Å². The molecule has 2 heterocycles. The molecule has 2 unspecified atom stereocenters. The van der Waals surface area contributed by atoms with Gasteiger partial charge in [-0.15, -0.1) is 0 Å². The van der Waals surface area contributed by atoms with Crippen LogP contribution in [-0.2, 0) is 4.84 Å². The van der Waals surface area contributed by atoms with Crippen molar-refractivity contribution < 1.29 is 9.63 Å². The van der Waals surface area contributed by atoms with Crippen LogP contribution >= 0.6 is 0 Å². The van der Waals surface area contributed by atoms with Gasteiger partial charge in [-0.1, -0.05) is 32.4 Å². The monoisotopic (exact) mass is 504 g/mol. The first-order chi connectivity index (χ1) is 17.8. The Kier molecular flexibility index (Phi) is 5.23. The van der Waals surface area contributed by atoms with Gasteiger partial charge >= 0.3 is 5.91 Å². The average Bonchev–Trinajstić information content (AvgIpc) is 3.34. The van der Waals surface area contributed by atoms with Crippen LogP contribution in [-0.4, -0.2) is 58.2 Å². The molecule has 1 amide bonds. The van der Waals surface area contributed by atoms with Crippen LogP contribution < -0.4 is 5.56 Å². The van der Waals surface area contributed by atoms with E-state index in [0.29, 0.717) is 23.0 Å². The number of fused-ring (bicyclic) bond motifs is 3. The second-order valence-corrected chi connectivity index (χ2v) is 13.1. The zero-order chi connectivity index (χ0) is 25.7. The first kappa shape index (κ1) is 23.8. The van der Waals surface area contributed by atoms with Gasteiger partial charge < -0.3 is 4.57 Å². The number of para-hydroxylation sites is 2. The lowest BCUT2D eigenvalue weighted by molar-refractivity contribution is -0.226. The molecule has 1 spiro atoms. The molecule has 6 fully saturated rings. The molecule has 6 aliphatic rings. The van der Waals surface area contributed by atoms with Crippen molar-refractivity contribution in [3.63, 3.8) is 0 Å². The Morgan fingerprint density at radius 1 is 1.14 bits per heavy atom. The molecule has 1 aromatic carbocycles. The second-order valence-electron chi connectivity index (χ2n) is 13.1. The Labute approximate surface area is 219 Å². The number of carbonyl (C=O) groups excluding carboxylic acids is 1. The summed E-state index contributed by atoms with van der Waals surface area (Å²) in [6.07, 6.45) is 10.2. The molecule has 7 heteroatoms. The summed E-state index contributed by atoms with van der Waals surface area (Å²) in [5.74, 6) is 2.26. The van der Waals surface area contributed by atoms with E-state index < -0.39 is 5.91 Å². The molecule has 198 valence electrons. The normalized spacial score (nSPS) is 37.2. The number of likely N-dealkylation sites (tertiary alicyclic amines) is 1. The molecule has 0 radical (unpaired) electrons. The Morgan fingerprint density at radius 3 is 2.70 bits per heavy atom. The maximum absolute atomic E-state index is 13.8. The molecular formula is C30H40N4O3. The van der Waals surface area contributed by atoms with Crippen LogP contribution in [0.3, 0.4) is 0 Å². The van der Waals surface area contributed by atoms with E-state index in [2.05, 4.69) is 23.7 Å². The molecule has 1 saturated heterocycles. The van der Waals surface area contributed by atoms with E-state index in [1.54, 1.807) is 0 Å². The maximum Gasteiger partial charge on any atom is 0.301 e. The number of hydroxylamine groups is 2. The largest absolute Gasteiger partial charge is 0.301 e. The van der Waals surface area contributed by atoms with E-state index in [1.807, 2.05) is 28.8 Å². The van der Waals surface area contributed by atoms with Crippen LogP contribution in [0.2, 0.25) is 0 Å². The minimum absolute atomic E-state index is 0.0488. The number of nitrogens with zero attached hydrogens (tertiary/aromatic N) is 4. The van der Waals surface area contributed by atoms with Crippen molar-refractivity contribution in [2.75, 3.05) is 20.7 Å². The zero-order valence-corrected chi connectivity index (χ0v) is 22.7. The summed E-state index contributed by atoms with van der Waals surface area (Å²) in [6, 6.07) is 9.02. The SMILES string of the molecule is CON(C)C(=O)c1nc2ccccc2n(C2C[C@H]3N(CC[C@@H]4CC[C@H]5C[C@@H]4C5(C)C)[C@@H]4CCCC243)c1=O. The van der Waals surface area contributed by atoms with Crippen LogP contribution in [0.4, 0.5) is 0 Å². The van der Waals surface area contributed by atoms with Crippen molar-refractivity contribution >= 4 is 16.9 Å². The van der Waals surface area contributed by atoms with Crippen molar-refractivity contribution in [2.45, 2.75) is 83.3 Å². The maximum atomic E-state index is 13.8. The predicted octanol–water partition coefficient (Wildman–Crippen LogP) is 4.66. The van der Waals surface area contributed by atoms with E-state index in [0.717, 1.165) is 34.8 Å². The van der Waals surface area contributed by atoms with Crippen molar-refractivity contribution in [3.8, 4) is 0 Å². The van der Waals surface area contributed by atoms with Crippen molar-refractivity contribution in [2.24, 2.45) is 28.6 Å². The molecule has 1 aliphatic heterocycles. The Bertz CT molecular complexity index is 1320. The molecular weight excluding hydrogens is 464 g/mol. The number of rotatable bonds is 6. The average molecular weight is 505 g/mol. The lowest BCUT2D eigenvalue weighted by atomic mass is 9.45. The fourth-order valence-electron chi connectivity index (χ4n) is 9.70. The molecule has 2 bridgehead atoms. The standard InChI is InChI=1S/C30H40N4O3/c1-29(2)19-12-11-18(20(29)16-19)13-15-33-23-10-7-14-30(23)24(33)17-25(30)34-22-9-6-5-8-21(22)31-26(28(34)36)27(35)32(3)37-4/h5-6,8-9,18-20,23-25H,7,10-17H2,1-4H3/t18-,19-,20-,23+,24+,25?,30?/m0/s1. The quantitative estimate of drug-likeness (QED) is 0.536. The smallest absolute Gasteiger partial charge is 0.301 e. The Balaban J connectivity index is 1.17. The third-order valence-corrected chi connectivity index (χ3v) is 11.8. The van der Waals surface area contributed by atoms with Gasteiger partial charge in [-0.3, -0.25) is 19.3 Å². The number of carbonyl (C=O) groups is 1. The summed E-state index contributed by atoms with van der Waals surface area (Å²) >= 11 is 0. The molecule has 8 rings (SSSR count). The van der Waals surface area contributed by atoms with E-state index in [4.69, 9.17) is 4.84 Å². The van der Waals surface area contributed by atoms with E-state index in [-0.39, 0.29) is 22.7 Å². The highest BCUT2D eigenvalue weighted by Crippen LogP contribution is 2.70.